The normalized spacial score (nSPS) is 13.1. The zero-order valence-corrected chi connectivity index (χ0v) is 16.1. The summed E-state index contributed by atoms with van der Waals surface area (Å²) in [6.07, 6.45) is -0.963. The number of carbonyl (C=O) groups excluding carboxylic acids is 2. The first-order valence-electron chi connectivity index (χ1n) is 9.06. The highest BCUT2D eigenvalue weighted by atomic mass is 16.7. The molecule has 0 unspecified atom stereocenters. The maximum Gasteiger partial charge on any atom is 0.338 e. The molecular formula is C21H23NO6. The minimum Gasteiger partial charge on any atom is -0.493 e. The Balaban J connectivity index is 1.53. The van der Waals surface area contributed by atoms with E-state index in [0.717, 1.165) is 0 Å². The highest BCUT2D eigenvalue weighted by Gasteiger charge is 2.20. The molecule has 1 atom stereocenters. The van der Waals surface area contributed by atoms with Crippen LogP contribution in [0, 0.1) is 5.92 Å². The van der Waals surface area contributed by atoms with Gasteiger partial charge in [-0.1, -0.05) is 13.8 Å². The van der Waals surface area contributed by atoms with Crippen LogP contribution in [0.25, 0.3) is 0 Å². The Labute approximate surface area is 163 Å². The van der Waals surface area contributed by atoms with Gasteiger partial charge in [0.15, 0.2) is 17.6 Å². The number of hydrogen-bond acceptors (Lipinski definition) is 6. The lowest BCUT2D eigenvalue weighted by Gasteiger charge is -2.14. The zero-order valence-electron chi connectivity index (χ0n) is 16.1. The smallest absolute Gasteiger partial charge is 0.338 e. The van der Waals surface area contributed by atoms with E-state index in [1.807, 2.05) is 0 Å². The summed E-state index contributed by atoms with van der Waals surface area (Å²) in [5.41, 5.74) is 0.878. The minimum atomic E-state index is -0.963. The summed E-state index contributed by atoms with van der Waals surface area (Å²) in [7, 11) is 0. The number of hydrogen-bond donors (Lipinski definition) is 1. The molecule has 0 bridgehead atoms. The van der Waals surface area contributed by atoms with Crippen LogP contribution in [-0.2, 0) is 9.53 Å². The molecule has 1 amide bonds. The topological polar surface area (TPSA) is 83.1 Å². The van der Waals surface area contributed by atoms with Crippen molar-refractivity contribution >= 4 is 17.6 Å². The van der Waals surface area contributed by atoms with Gasteiger partial charge in [0, 0.05) is 11.8 Å². The van der Waals surface area contributed by atoms with E-state index in [1.165, 1.54) is 6.92 Å². The van der Waals surface area contributed by atoms with Crippen LogP contribution in [0.3, 0.4) is 0 Å². The molecule has 1 aliphatic heterocycles. The van der Waals surface area contributed by atoms with Crippen molar-refractivity contribution in [1.29, 1.82) is 0 Å². The predicted octanol–water partition coefficient (Wildman–Crippen LogP) is 3.63. The van der Waals surface area contributed by atoms with E-state index in [4.69, 9.17) is 18.9 Å². The molecule has 3 rings (SSSR count). The van der Waals surface area contributed by atoms with Crippen LogP contribution >= 0.6 is 0 Å². The van der Waals surface area contributed by atoms with Gasteiger partial charge in [-0.2, -0.15) is 0 Å². The average Bonchev–Trinajstić information content (AvgIpc) is 3.14. The maximum atomic E-state index is 12.3. The number of benzene rings is 2. The fourth-order valence-electron chi connectivity index (χ4n) is 2.45. The molecule has 0 aliphatic carbocycles. The molecule has 0 radical (unpaired) electrons. The van der Waals surface area contributed by atoms with Gasteiger partial charge in [0.2, 0.25) is 6.79 Å². The molecule has 0 aromatic heterocycles. The van der Waals surface area contributed by atoms with Gasteiger partial charge in [-0.3, -0.25) is 4.79 Å². The molecule has 1 N–H and O–H groups in total. The Hall–Kier alpha value is -3.22. The second-order valence-corrected chi connectivity index (χ2v) is 6.83. The van der Waals surface area contributed by atoms with Gasteiger partial charge in [0.05, 0.1) is 12.2 Å². The Kier molecular flexibility index (Phi) is 6.03. The van der Waals surface area contributed by atoms with E-state index in [0.29, 0.717) is 41.0 Å². The number of rotatable bonds is 7. The number of nitrogens with one attached hydrogen (secondary N) is 1. The Morgan fingerprint density at radius 2 is 1.75 bits per heavy atom. The highest BCUT2D eigenvalue weighted by molar-refractivity contribution is 5.97. The van der Waals surface area contributed by atoms with Gasteiger partial charge in [-0.15, -0.1) is 0 Å². The lowest BCUT2D eigenvalue weighted by atomic mass is 10.2. The zero-order chi connectivity index (χ0) is 20.1. The van der Waals surface area contributed by atoms with E-state index in [1.54, 1.807) is 42.5 Å². The van der Waals surface area contributed by atoms with Crippen molar-refractivity contribution in [3.63, 3.8) is 0 Å². The lowest BCUT2D eigenvalue weighted by Crippen LogP contribution is -2.30. The first-order chi connectivity index (χ1) is 13.4. The molecule has 2 aromatic carbocycles. The second-order valence-electron chi connectivity index (χ2n) is 6.83. The molecule has 28 heavy (non-hydrogen) atoms. The van der Waals surface area contributed by atoms with Gasteiger partial charge in [0.1, 0.15) is 5.75 Å². The molecule has 7 nitrogen and oxygen atoms in total. The number of esters is 1. The van der Waals surface area contributed by atoms with Crippen LogP contribution in [0.2, 0.25) is 0 Å². The Bertz CT molecular complexity index is 846. The number of carbonyl (C=O) groups is 2. The fourth-order valence-corrected chi connectivity index (χ4v) is 2.45. The van der Waals surface area contributed by atoms with Gasteiger partial charge in [-0.25, -0.2) is 4.79 Å². The van der Waals surface area contributed by atoms with Crippen LogP contribution in [-0.4, -0.2) is 31.4 Å². The molecule has 0 saturated heterocycles. The molecule has 148 valence electrons. The number of ether oxygens (including phenoxy) is 4. The molecule has 2 aromatic rings. The summed E-state index contributed by atoms with van der Waals surface area (Å²) in [5, 5.41) is 2.69. The van der Waals surface area contributed by atoms with Gasteiger partial charge in [-0.05, 0) is 49.2 Å². The van der Waals surface area contributed by atoms with Crippen molar-refractivity contribution in [1.82, 2.24) is 0 Å². The van der Waals surface area contributed by atoms with Crippen LogP contribution < -0.4 is 19.5 Å². The first-order valence-corrected chi connectivity index (χ1v) is 9.06. The monoisotopic (exact) mass is 385 g/mol. The van der Waals surface area contributed by atoms with Gasteiger partial charge >= 0.3 is 5.97 Å². The Morgan fingerprint density at radius 1 is 1.04 bits per heavy atom. The second kappa shape index (κ2) is 8.65. The van der Waals surface area contributed by atoms with Crippen LogP contribution in [0.1, 0.15) is 31.1 Å². The van der Waals surface area contributed by atoms with Crippen LogP contribution in [0.5, 0.6) is 17.2 Å². The molecule has 1 heterocycles. The molecule has 0 fully saturated rings. The summed E-state index contributed by atoms with van der Waals surface area (Å²) in [6, 6.07) is 11.7. The average molecular weight is 385 g/mol. The quantitative estimate of drug-likeness (QED) is 0.733. The highest BCUT2D eigenvalue weighted by Crippen LogP contribution is 2.34. The third kappa shape index (κ3) is 4.94. The minimum absolute atomic E-state index is 0.155. The summed E-state index contributed by atoms with van der Waals surface area (Å²) >= 11 is 0. The van der Waals surface area contributed by atoms with Crippen molar-refractivity contribution in [2.45, 2.75) is 26.9 Å². The summed E-state index contributed by atoms with van der Waals surface area (Å²) in [4.78, 5) is 24.6. The van der Waals surface area contributed by atoms with E-state index in [2.05, 4.69) is 19.2 Å². The van der Waals surface area contributed by atoms with Crippen molar-refractivity contribution < 1.29 is 28.5 Å². The van der Waals surface area contributed by atoms with Crippen molar-refractivity contribution in [2.24, 2.45) is 5.92 Å². The summed E-state index contributed by atoms with van der Waals surface area (Å²) < 4.78 is 21.3. The van der Waals surface area contributed by atoms with E-state index >= 15 is 0 Å². The van der Waals surface area contributed by atoms with Crippen molar-refractivity contribution in [2.75, 3.05) is 18.7 Å². The van der Waals surface area contributed by atoms with Gasteiger partial charge in [0.25, 0.3) is 5.91 Å². The van der Waals surface area contributed by atoms with Crippen molar-refractivity contribution in [3.05, 3.63) is 48.0 Å². The fraction of sp³-hybridized carbons (Fsp3) is 0.333. The first kappa shape index (κ1) is 19.5. The molecule has 1 aliphatic rings. The molecular weight excluding hydrogens is 362 g/mol. The SMILES string of the molecule is CC(C)COc1ccc(C(=O)O[C@@H](C)C(=O)Nc2ccc3c(c2)OCO3)cc1. The Morgan fingerprint density at radius 3 is 2.46 bits per heavy atom. The number of anilines is 1. The number of amides is 1. The number of fused-ring (bicyclic) bond motifs is 1. The summed E-state index contributed by atoms with van der Waals surface area (Å²) in [5.74, 6) is 1.25. The molecule has 7 heteroatoms. The molecule has 0 spiro atoms. The standard InChI is InChI=1S/C21H23NO6/c1-13(2)11-25-17-7-4-15(5-8-17)21(24)28-14(3)20(23)22-16-6-9-18-19(10-16)27-12-26-18/h4-10,13-14H,11-12H2,1-3H3,(H,22,23)/t14-/m0/s1. The largest absolute Gasteiger partial charge is 0.493 e. The third-order valence-electron chi connectivity index (χ3n) is 3.97. The van der Waals surface area contributed by atoms with E-state index in [-0.39, 0.29) is 6.79 Å². The predicted molar refractivity (Wildman–Crippen MR) is 103 cm³/mol. The van der Waals surface area contributed by atoms with E-state index in [9.17, 15) is 9.59 Å². The van der Waals surface area contributed by atoms with E-state index < -0.39 is 18.0 Å². The van der Waals surface area contributed by atoms with Gasteiger partial charge < -0.3 is 24.3 Å². The van der Waals surface area contributed by atoms with Crippen LogP contribution in [0.15, 0.2) is 42.5 Å². The lowest BCUT2D eigenvalue weighted by molar-refractivity contribution is -0.123. The third-order valence-corrected chi connectivity index (χ3v) is 3.97. The molecule has 0 saturated carbocycles. The maximum absolute atomic E-state index is 12.3. The van der Waals surface area contributed by atoms with Crippen LogP contribution in [0.4, 0.5) is 5.69 Å². The van der Waals surface area contributed by atoms with Crippen molar-refractivity contribution in [3.8, 4) is 17.2 Å². The summed E-state index contributed by atoms with van der Waals surface area (Å²) in [6.45, 7) is 6.38.